The molecule has 0 amide bonds. The van der Waals surface area contributed by atoms with Gasteiger partial charge in [0.25, 0.3) is 0 Å². The summed E-state index contributed by atoms with van der Waals surface area (Å²) in [4.78, 5) is 8.27. The van der Waals surface area contributed by atoms with Gasteiger partial charge in [-0.25, -0.2) is 4.98 Å². The Morgan fingerprint density at radius 3 is 2.70 bits per heavy atom. The third-order valence-corrected chi connectivity index (χ3v) is 2.80. The Labute approximate surface area is 111 Å². The van der Waals surface area contributed by atoms with Gasteiger partial charge >= 0.3 is 6.18 Å². The first kappa shape index (κ1) is 12.6. The van der Waals surface area contributed by atoms with Crippen molar-refractivity contribution in [1.82, 2.24) is 19.7 Å². The van der Waals surface area contributed by atoms with Gasteiger partial charge in [-0.05, 0) is 18.2 Å². The lowest BCUT2D eigenvalue weighted by Crippen LogP contribution is -2.19. The molecule has 0 unspecified atom stereocenters. The van der Waals surface area contributed by atoms with E-state index in [0.29, 0.717) is 16.9 Å². The minimum atomic E-state index is -4.32. The summed E-state index contributed by atoms with van der Waals surface area (Å²) in [6, 6.07) is 6.77. The fourth-order valence-electron chi connectivity index (χ4n) is 1.96. The van der Waals surface area contributed by atoms with Crippen LogP contribution in [0.15, 0.2) is 42.9 Å². The molecule has 3 rings (SSSR count). The lowest BCUT2D eigenvalue weighted by atomic mass is 10.2. The van der Waals surface area contributed by atoms with Crippen LogP contribution >= 0.6 is 0 Å². The highest BCUT2D eigenvalue weighted by atomic mass is 19.4. The topological polar surface area (TPSA) is 43.6 Å². The highest BCUT2D eigenvalue weighted by Gasteiger charge is 2.29. The Hall–Kier alpha value is -2.44. The molecule has 0 saturated heterocycles. The molecule has 0 aromatic carbocycles. The van der Waals surface area contributed by atoms with Crippen molar-refractivity contribution in [2.24, 2.45) is 0 Å². The number of fused-ring (bicyclic) bond motifs is 1. The van der Waals surface area contributed by atoms with Crippen molar-refractivity contribution in [3.63, 3.8) is 0 Å². The van der Waals surface area contributed by atoms with Crippen LogP contribution in [0.1, 0.15) is 0 Å². The van der Waals surface area contributed by atoms with Crippen LogP contribution in [0.5, 0.6) is 0 Å². The lowest BCUT2D eigenvalue weighted by Gasteiger charge is -2.10. The summed E-state index contributed by atoms with van der Waals surface area (Å²) >= 11 is 0. The van der Waals surface area contributed by atoms with Gasteiger partial charge < -0.3 is 0 Å². The molecule has 0 aliphatic rings. The molecule has 7 heteroatoms. The number of hydrogen-bond acceptors (Lipinski definition) is 3. The predicted molar refractivity (Wildman–Crippen MR) is 66.8 cm³/mol. The molecule has 0 spiro atoms. The van der Waals surface area contributed by atoms with Crippen molar-refractivity contribution in [1.29, 1.82) is 0 Å². The highest BCUT2D eigenvalue weighted by molar-refractivity contribution is 5.80. The molecular formula is C13H9F3N4. The molecule has 0 aliphatic carbocycles. The Morgan fingerprint density at radius 2 is 1.90 bits per heavy atom. The second-order valence-corrected chi connectivity index (χ2v) is 4.25. The van der Waals surface area contributed by atoms with E-state index in [1.54, 1.807) is 30.6 Å². The second kappa shape index (κ2) is 4.59. The Bertz CT molecular complexity index is 748. The van der Waals surface area contributed by atoms with E-state index < -0.39 is 12.7 Å². The monoisotopic (exact) mass is 278 g/mol. The summed E-state index contributed by atoms with van der Waals surface area (Å²) in [5, 5.41) is 4.58. The SMILES string of the molecule is FC(F)(F)Cn1nccc1-c1ccc2ccncc2n1. The number of aromatic nitrogens is 4. The molecule has 0 N–H and O–H groups in total. The molecule has 0 bridgehead atoms. The number of pyridine rings is 2. The average molecular weight is 278 g/mol. The van der Waals surface area contributed by atoms with Crippen molar-refractivity contribution >= 4 is 10.9 Å². The van der Waals surface area contributed by atoms with Gasteiger partial charge in [0, 0.05) is 17.8 Å². The maximum absolute atomic E-state index is 12.5. The molecule has 0 aliphatic heterocycles. The Morgan fingerprint density at radius 1 is 1.05 bits per heavy atom. The van der Waals surface area contributed by atoms with E-state index in [4.69, 9.17) is 0 Å². The first-order valence-electron chi connectivity index (χ1n) is 5.83. The summed E-state index contributed by atoms with van der Waals surface area (Å²) < 4.78 is 38.3. The third kappa shape index (κ3) is 2.47. The average Bonchev–Trinajstić information content (AvgIpc) is 2.84. The fraction of sp³-hybridized carbons (Fsp3) is 0.154. The lowest BCUT2D eigenvalue weighted by molar-refractivity contribution is -0.142. The van der Waals surface area contributed by atoms with Gasteiger partial charge in [-0.1, -0.05) is 6.07 Å². The zero-order valence-electron chi connectivity index (χ0n) is 10.2. The normalized spacial score (nSPS) is 11.9. The van der Waals surface area contributed by atoms with Gasteiger partial charge in [0.2, 0.25) is 0 Å². The summed E-state index contributed by atoms with van der Waals surface area (Å²) in [7, 11) is 0. The smallest absolute Gasteiger partial charge is 0.262 e. The van der Waals surface area contributed by atoms with Crippen LogP contribution in [0.4, 0.5) is 13.2 Å². The summed E-state index contributed by atoms with van der Waals surface area (Å²) in [6.45, 7) is -1.14. The zero-order valence-corrected chi connectivity index (χ0v) is 10.2. The summed E-state index contributed by atoms with van der Waals surface area (Å²) in [5.41, 5.74) is 1.39. The maximum atomic E-state index is 12.5. The van der Waals surface area contributed by atoms with Crippen molar-refractivity contribution < 1.29 is 13.2 Å². The zero-order chi connectivity index (χ0) is 14.2. The molecule has 20 heavy (non-hydrogen) atoms. The molecule has 3 aromatic rings. The van der Waals surface area contributed by atoms with E-state index in [1.807, 2.05) is 0 Å². The van der Waals surface area contributed by atoms with Crippen molar-refractivity contribution in [3.8, 4) is 11.4 Å². The molecule has 0 fully saturated rings. The molecule has 3 heterocycles. The molecule has 102 valence electrons. The van der Waals surface area contributed by atoms with E-state index in [1.165, 1.54) is 12.3 Å². The van der Waals surface area contributed by atoms with E-state index in [9.17, 15) is 13.2 Å². The van der Waals surface area contributed by atoms with Crippen LogP contribution in [0.25, 0.3) is 22.3 Å². The molecule has 0 atom stereocenters. The predicted octanol–water partition coefficient (Wildman–Crippen LogP) is 3.06. The van der Waals surface area contributed by atoms with Crippen molar-refractivity contribution in [3.05, 3.63) is 42.9 Å². The Balaban J connectivity index is 2.05. The standard InChI is InChI=1S/C13H9F3N4/c14-13(15,16)8-20-12(4-6-18-20)10-2-1-9-3-5-17-7-11(9)19-10/h1-7H,8H2. The van der Waals surface area contributed by atoms with E-state index in [-0.39, 0.29) is 0 Å². The van der Waals surface area contributed by atoms with Gasteiger partial charge in [-0.15, -0.1) is 0 Å². The number of halogens is 3. The van der Waals surface area contributed by atoms with Crippen LogP contribution in [-0.2, 0) is 6.54 Å². The molecule has 3 aromatic heterocycles. The molecule has 0 saturated carbocycles. The molecular weight excluding hydrogens is 269 g/mol. The number of alkyl halides is 3. The van der Waals surface area contributed by atoms with Gasteiger partial charge in [-0.2, -0.15) is 18.3 Å². The number of rotatable bonds is 2. The van der Waals surface area contributed by atoms with Crippen molar-refractivity contribution in [2.45, 2.75) is 12.7 Å². The van der Waals surface area contributed by atoms with E-state index in [0.717, 1.165) is 10.1 Å². The Kier molecular flexibility index (Phi) is 2.89. The van der Waals surface area contributed by atoms with E-state index >= 15 is 0 Å². The first-order valence-corrected chi connectivity index (χ1v) is 5.83. The van der Waals surface area contributed by atoms with Crippen LogP contribution < -0.4 is 0 Å². The largest absolute Gasteiger partial charge is 0.408 e. The minimum absolute atomic E-state index is 0.327. The number of nitrogens with zero attached hydrogens (tertiary/aromatic N) is 4. The fourth-order valence-corrected chi connectivity index (χ4v) is 1.96. The van der Waals surface area contributed by atoms with Crippen LogP contribution in [-0.4, -0.2) is 25.9 Å². The van der Waals surface area contributed by atoms with Gasteiger partial charge in [0.05, 0.1) is 23.1 Å². The van der Waals surface area contributed by atoms with Crippen LogP contribution in [0, 0.1) is 0 Å². The van der Waals surface area contributed by atoms with E-state index in [2.05, 4.69) is 15.1 Å². The first-order chi connectivity index (χ1) is 9.53. The highest BCUT2D eigenvalue weighted by Crippen LogP contribution is 2.24. The van der Waals surface area contributed by atoms with Crippen LogP contribution in [0.2, 0.25) is 0 Å². The summed E-state index contributed by atoms with van der Waals surface area (Å²) in [5.74, 6) is 0. The maximum Gasteiger partial charge on any atom is 0.408 e. The molecule has 4 nitrogen and oxygen atoms in total. The van der Waals surface area contributed by atoms with Gasteiger partial charge in [0.1, 0.15) is 6.54 Å². The summed E-state index contributed by atoms with van der Waals surface area (Å²) in [6.07, 6.45) is 0.219. The second-order valence-electron chi connectivity index (χ2n) is 4.25. The van der Waals surface area contributed by atoms with Crippen molar-refractivity contribution in [2.75, 3.05) is 0 Å². The van der Waals surface area contributed by atoms with Gasteiger partial charge in [0.15, 0.2) is 0 Å². The van der Waals surface area contributed by atoms with Gasteiger partial charge in [-0.3, -0.25) is 9.67 Å². The third-order valence-electron chi connectivity index (χ3n) is 2.80. The number of hydrogen-bond donors (Lipinski definition) is 0. The van der Waals surface area contributed by atoms with Crippen LogP contribution in [0.3, 0.4) is 0 Å². The molecule has 0 radical (unpaired) electrons. The quantitative estimate of drug-likeness (QED) is 0.723. The minimum Gasteiger partial charge on any atom is -0.262 e.